The van der Waals surface area contributed by atoms with Crippen LogP contribution in [0.4, 0.5) is 0 Å². The fraction of sp³-hybridized carbons (Fsp3) is 0.733. The zero-order chi connectivity index (χ0) is 22.1. The molecule has 0 radical (unpaired) electrons. The second-order valence-electron chi connectivity index (χ2n) is 6.66. The fourth-order valence-corrected chi connectivity index (χ4v) is 6.20. The normalized spacial score (nSPS) is 32.3. The minimum absolute atomic E-state index is 0.270. The van der Waals surface area contributed by atoms with Gasteiger partial charge in [-0.05, 0) is 6.42 Å². The highest BCUT2D eigenvalue weighted by atomic mass is 31.2. The molecule has 7 unspecified atom stereocenters. The maximum atomic E-state index is 12.8. The third kappa shape index (κ3) is 4.46. The van der Waals surface area contributed by atoms with Crippen LogP contribution in [-0.4, -0.2) is 62.0 Å². The minimum atomic E-state index is -3.34. The number of H-pyrrole nitrogens is 1. The Hall–Kier alpha value is -0.980. The monoisotopic (exact) mass is 469 g/mol. The summed E-state index contributed by atoms with van der Waals surface area (Å²) in [4.78, 5) is 25.9. The highest BCUT2D eigenvalue weighted by Crippen LogP contribution is 2.67. The quantitative estimate of drug-likeness (QED) is 0.362. The van der Waals surface area contributed by atoms with E-state index in [1.54, 1.807) is 0 Å². The first-order valence-corrected chi connectivity index (χ1v) is 11.6. The molecule has 1 saturated heterocycles. The van der Waals surface area contributed by atoms with Gasteiger partial charge in [0, 0.05) is 46.6 Å². The molecule has 7 atom stereocenters. The van der Waals surface area contributed by atoms with Crippen molar-refractivity contribution in [2.75, 3.05) is 28.4 Å². The van der Waals surface area contributed by atoms with Crippen LogP contribution in [0.1, 0.15) is 12.6 Å². The summed E-state index contributed by atoms with van der Waals surface area (Å²) in [6, 6.07) is 1.19. The van der Waals surface area contributed by atoms with Gasteiger partial charge in [-0.3, -0.25) is 18.9 Å². The summed E-state index contributed by atoms with van der Waals surface area (Å²) in [6.07, 6.45) is -1.40. The van der Waals surface area contributed by atoms with Crippen LogP contribution in [0.3, 0.4) is 0 Å². The van der Waals surface area contributed by atoms with E-state index in [2.05, 4.69) is 4.98 Å². The number of methoxy groups -OCH3 is 1. The van der Waals surface area contributed by atoms with Gasteiger partial charge in [-0.15, -0.1) is 0 Å². The first kappa shape index (κ1) is 23.7. The van der Waals surface area contributed by atoms with Gasteiger partial charge in [0.25, 0.3) is 5.56 Å². The van der Waals surface area contributed by atoms with Crippen molar-refractivity contribution < 1.29 is 36.8 Å². The number of nitrogens with one attached hydrogen (secondary N) is 1. The van der Waals surface area contributed by atoms with Crippen molar-refractivity contribution in [3.63, 3.8) is 0 Å². The van der Waals surface area contributed by atoms with Gasteiger partial charge in [-0.1, -0.05) is 0 Å². The highest BCUT2D eigenvalue weighted by Gasteiger charge is 2.62. The van der Waals surface area contributed by atoms with Gasteiger partial charge < -0.3 is 27.6 Å². The van der Waals surface area contributed by atoms with Crippen molar-refractivity contribution in [2.45, 2.75) is 36.6 Å². The Labute approximate surface area is 173 Å². The molecule has 1 aromatic heterocycles. The third-order valence-corrected chi connectivity index (χ3v) is 8.52. The zero-order valence-electron chi connectivity index (χ0n) is 16.8. The van der Waals surface area contributed by atoms with Crippen molar-refractivity contribution >= 4 is 16.2 Å². The molecular formula is C15H25N3O10P2. The van der Waals surface area contributed by atoms with Crippen LogP contribution in [-0.2, 0) is 36.8 Å². The predicted octanol–water partition coefficient (Wildman–Crippen LogP) is 0.472. The lowest BCUT2D eigenvalue weighted by Crippen LogP contribution is -2.39. The summed E-state index contributed by atoms with van der Waals surface area (Å²) < 4.78 is 51.5. The lowest BCUT2D eigenvalue weighted by Gasteiger charge is -2.25. The second-order valence-corrected chi connectivity index (χ2v) is 10.4. The second kappa shape index (κ2) is 9.66. The zero-order valence-corrected chi connectivity index (χ0v) is 18.6. The number of rotatable bonds is 10. The lowest BCUT2D eigenvalue weighted by atomic mass is 10.1. The van der Waals surface area contributed by atoms with Gasteiger partial charge in [0.15, 0.2) is 6.23 Å². The molecular weight excluding hydrogens is 444 g/mol. The first-order valence-electron chi connectivity index (χ1n) is 8.92. The summed E-state index contributed by atoms with van der Waals surface area (Å²) in [6.45, 7) is 0. The number of nitrogens with two attached hydrogens (primary N) is 1. The van der Waals surface area contributed by atoms with E-state index in [0.29, 0.717) is 6.42 Å². The van der Waals surface area contributed by atoms with Gasteiger partial charge in [-0.25, -0.2) is 15.3 Å². The summed E-state index contributed by atoms with van der Waals surface area (Å²) in [5, 5.41) is 0. The van der Waals surface area contributed by atoms with E-state index < -0.39 is 57.6 Å². The first-order chi connectivity index (χ1) is 14.3. The standard InChI is InChI=1S/C15H25N3O10P2/c1-22-13-12(27-29(23-2)28-16)11(8-7-9(8)30(21,24-3)25-4)26-14(13)18-6-5-10(19)17-15(18)20/h5-6,8-9,11-14H,7,16H2,1-4H3,(H,17,19,20). The van der Waals surface area contributed by atoms with E-state index in [4.69, 9.17) is 38.1 Å². The van der Waals surface area contributed by atoms with Crippen LogP contribution in [0.15, 0.2) is 21.9 Å². The molecule has 1 aromatic rings. The molecule has 3 rings (SSSR count). The number of hydrogen-bond acceptors (Lipinski definition) is 11. The molecule has 1 saturated carbocycles. The molecule has 0 amide bonds. The molecule has 1 aliphatic carbocycles. The molecule has 0 spiro atoms. The molecule has 2 heterocycles. The molecule has 0 aromatic carbocycles. The molecule has 0 bridgehead atoms. The van der Waals surface area contributed by atoms with Gasteiger partial charge in [0.05, 0.1) is 11.8 Å². The topological polar surface area (TPSA) is 163 Å². The van der Waals surface area contributed by atoms with Gasteiger partial charge in [0.1, 0.15) is 12.2 Å². The lowest BCUT2D eigenvalue weighted by molar-refractivity contribution is -0.0571. The number of nitrogens with zero attached hydrogens (tertiary/aromatic N) is 1. The van der Waals surface area contributed by atoms with E-state index in [9.17, 15) is 14.2 Å². The Morgan fingerprint density at radius 1 is 1.23 bits per heavy atom. The fourth-order valence-electron chi connectivity index (χ4n) is 3.70. The van der Waals surface area contributed by atoms with E-state index in [1.165, 1.54) is 45.3 Å². The number of aromatic nitrogens is 2. The van der Waals surface area contributed by atoms with E-state index >= 15 is 0 Å². The van der Waals surface area contributed by atoms with Crippen LogP contribution < -0.4 is 17.1 Å². The Bertz CT molecular complexity index is 882. The minimum Gasteiger partial charge on any atom is -0.374 e. The Balaban J connectivity index is 1.94. The Morgan fingerprint density at radius 2 is 1.93 bits per heavy atom. The SMILES string of the molecule is COC1C(OP(OC)ON)C(C2CC2P(=O)(OC)OC)OC1n1ccc(=O)[nH]c1=O. The molecule has 15 heteroatoms. The van der Waals surface area contributed by atoms with E-state index in [1.807, 2.05) is 0 Å². The summed E-state index contributed by atoms with van der Waals surface area (Å²) in [7, 11) is 0.149. The van der Waals surface area contributed by atoms with Crippen LogP contribution in [0, 0.1) is 5.92 Å². The van der Waals surface area contributed by atoms with E-state index in [0.717, 1.165) is 0 Å². The Kier molecular flexibility index (Phi) is 7.62. The maximum Gasteiger partial charge on any atom is 0.350 e. The molecule has 3 N–H and O–H groups in total. The molecule has 2 aliphatic rings. The molecule has 30 heavy (non-hydrogen) atoms. The highest BCUT2D eigenvalue weighted by molar-refractivity contribution is 7.55. The average molecular weight is 469 g/mol. The van der Waals surface area contributed by atoms with Crippen molar-refractivity contribution in [2.24, 2.45) is 11.8 Å². The predicted molar refractivity (Wildman–Crippen MR) is 104 cm³/mol. The molecule has 1 aliphatic heterocycles. The summed E-state index contributed by atoms with van der Waals surface area (Å²) in [5.74, 6) is 4.96. The molecule has 13 nitrogen and oxygen atoms in total. The third-order valence-electron chi connectivity index (χ3n) is 5.21. The van der Waals surface area contributed by atoms with Gasteiger partial charge >= 0.3 is 21.9 Å². The number of ether oxygens (including phenoxy) is 2. The average Bonchev–Trinajstić information content (AvgIpc) is 3.47. The number of hydrogen-bond donors (Lipinski definition) is 2. The smallest absolute Gasteiger partial charge is 0.350 e. The molecule has 170 valence electrons. The number of aromatic amines is 1. The van der Waals surface area contributed by atoms with E-state index in [-0.39, 0.29) is 5.92 Å². The van der Waals surface area contributed by atoms with Crippen molar-refractivity contribution in [1.82, 2.24) is 9.55 Å². The van der Waals surface area contributed by atoms with Crippen LogP contribution in [0.5, 0.6) is 0 Å². The van der Waals surface area contributed by atoms with Crippen LogP contribution in [0.25, 0.3) is 0 Å². The van der Waals surface area contributed by atoms with Crippen molar-refractivity contribution in [3.8, 4) is 0 Å². The van der Waals surface area contributed by atoms with Crippen molar-refractivity contribution in [3.05, 3.63) is 33.1 Å². The van der Waals surface area contributed by atoms with Crippen LogP contribution >= 0.6 is 16.2 Å². The van der Waals surface area contributed by atoms with Crippen molar-refractivity contribution in [1.29, 1.82) is 0 Å². The van der Waals surface area contributed by atoms with Gasteiger partial charge in [0.2, 0.25) is 0 Å². The Morgan fingerprint density at radius 3 is 2.47 bits per heavy atom. The van der Waals surface area contributed by atoms with Crippen LogP contribution in [0.2, 0.25) is 0 Å². The van der Waals surface area contributed by atoms with Gasteiger partial charge in [-0.2, -0.15) is 0 Å². The largest absolute Gasteiger partial charge is 0.374 e. The summed E-state index contributed by atoms with van der Waals surface area (Å²) >= 11 is 0. The summed E-state index contributed by atoms with van der Waals surface area (Å²) in [5.41, 5.74) is -1.64. The molecule has 2 fully saturated rings. The maximum absolute atomic E-state index is 12.8.